The number of halogens is 1. The molecule has 0 spiro atoms. The lowest BCUT2D eigenvalue weighted by molar-refractivity contribution is 0.102. The number of amides is 1. The van der Waals surface area contributed by atoms with Gasteiger partial charge in [-0.3, -0.25) is 4.79 Å². The Hall–Kier alpha value is -2.41. The summed E-state index contributed by atoms with van der Waals surface area (Å²) in [6.45, 7) is 0. The van der Waals surface area contributed by atoms with E-state index in [9.17, 15) is 17.6 Å². The van der Waals surface area contributed by atoms with Crippen LogP contribution in [-0.4, -0.2) is 27.2 Å². The molecule has 0 unspecified atom stereocenters. The second kappa shape index (κ2) is 7.45. The van der Waals surface area contributed by atoms with Crippen LogP contribution in [0.3, 0.4) is 0 Å². The number of nitrogens with one attached hydrogen (secondary N) is 1. The van der Waals surface area contributed by atoms with E-state index < -0.39 is 21.6 Å². The molecule has 3 rings (SSSR count). The molecule has 2 aromatic rings. The van der Waals surface area contributed by atoms with Crippen LogP contribution in [0.4, 0.5) is 10.1 Å². The van der Waals surface area contributed by atoms with E-state index in [1.165, 1.54) is 49.6 Å². The second-order valence-corrected chi connectivity index (χ2v) is 8.44. The minimum absolute atomic E-state index is 0.0956. The lowest BCUT2D eigenvalue weighted by atomic mass is 9.87. The average molecular weight is 377 g/mol. The SMILES string of the molecule is COc1ccc(S(=O)(=O)CC2CCC2)cc1C(=O)Nc1ccc(F)cc1. The Bertz CT molecular complexity index is 906. The zero-order valence-electron chi connectivity index (χ0n) is 14.4. The van der Waals surface area contributed by atoms with Gasteiger partial charge in [0.05, 0.1) is 23.3 Å². The van der Waals surface area contributed by atoms with E-state index in [0.29, 0.717) is 5.69 Å². The number of carbonyl (C=O) groups is 1. The van der Waals surface area contributed by atoms with Crippen molar-refractivity contribution in [1.82, 2.24) is 0 Å². The normalized spacial score (nSPS) is 14.5. The topological polar surface area (TPSA) is 72.5 Å². The summed E-state index contributed by atoms with van der Waals surface area (Å²) >= 11 is 0. The Morgan fingerprint density at radius 1 is 1.19 bits per heavy atom. The van der Waals surface area contributed by atoms with Gasteiger partial charge in [-0.1, -0.05) is 6.42 Å². The van der Waals surface area contributed by atoms with Gasteiger partial charge in [0, 0.05) is 5.69 Å². The lowest BCUT2D eigenvalue weighted by Gasteiger charge is -2.25. The van der Waals surface area contributed by atoms with Crippen molar-refractivity contribution in [3.05, 3.63) is 53.8 Å². The van der Waals surface area contributed by atoms with E-state index in [2.05, 4.69) is 5.32 Å². The third-order valence-corrected chi connectivity index (χ3v) is 6.44. The first-order chi connectivity index (χ1) is 12.4. The predicted octanol–water partition coefficient (Wildman–Crippen LogP) is 3.66. The second-order valence-electron chi connectivity index (χ2n) is 6.40. The first-order valence-electron chi connectivity index (χ1n) is 8.37. The molecule has 0 bridgehead atoms. The summed E-state index contributed by atoms with van der Waals surface area (Å²) in [5.41, 5.74) is 0.521. The first-order valence-corrected chi connectivity index (χ1v) is 10.0. The minimum atomic E-state index is -3.46. The van der Waals surface area contributed by atoms with Gasteiger partial charge in [0.25, 0.3) is 5.91 Å². The molecule has 2 aromatic carbocycles. The van der Waals surface area contributed by atoms with Gasteiger partial charge in [-0.05, 0) is 61.2 Å². The van der Waals surface area contributed by atoms with Gasteiger partial charge < -0.3 is 10.1 Å². The summed E-state index contributed by atoms with van der Waals surface area (Å²) in [5.74, 6) is -0.372. The van der Waals surface area contributed by atoms with Gasteiger partial charge in [0.1, 0.15) is 11.6 Å². The van der Waals surface area contributed by atoms with Crippen molar-refractivity contribution in [2.45, 2.75) is 24.2 Å². The molecule has 0 aliphatic heterocycles. The monoisotopic (exact) mass is 377 g/mol. The summed E-state index contributed by atoms with van der Waals surface area (Å²) in [7, 11) is -2.06. The lowest BCUT2D eigenvalue weighted by Crippen LogP contribution is -2.22. The summed E-state index contributed by atoms with van der Waals surface area (Å²) in [6, 6.07) is 9.59. The molecule has 1 amide bonds. The van der Waals surface area contributed by atoms with Crippen molar-refractivity contribution in [3.63, 3.8) is 0 Å². The molecule has 0 heterocycles. The molecule has 1 saturated carbocycles. The van der Waals surface area contributed by atoms with E-state index in [1.807, 2.05) is 0 Å². The number of hydrogen-bond acceptors (Lipinski definition) is 4. The van der Waals surface area contributed by atoms with Crippen molar-refractivity contribution in [2.75, 3.05) is 18.2 Å². The molecule has 7 heteroatoms. The first kappa shape index (κ1) is 18.4. The van der Waals surface area contributed by atoms with Crippen LogP contribution in [0.15, 0.2) is 47.4 Å². The minimum Gasteiger partial charge on any atom is -0.496 e. The summed E-state index contributed by atoms with van der Waals surface area (Å²) in [6.07, 6.45) is 2.91. The highest BCUT2D eigenvalue weighted by atomic mass is 32.2. The maximum absolute atomic E-state index is 13.0. The highest BCUT2D eigenvalue weighted by molar-refractivity contribution is 7.91. The van der Waals surface area contributed by atoms with Gasteiger partial charge in [-0.2, -0.15) is 0 Å². The van der Waals surface area contributed by atoms with E-state index in [-0.39, 0.29) is 27.9 Å². The number of rotatable bonds is 6. The maximum atomic E-state index is 13.0. The van der Waals surface area contributed by atoms with E-state index >= 15 is 0 Å². The Morgan fingerprint density at radius 2 is 1.88 bits per heavy atom. The van der Waals surface area contributed by atoms with Gasteiger partial charge >= 0.3 is 0 Å². The molecule has 1 aliphatic carbocycles. The van der Waals surface area contributed by atoms with Crippen LogP contribution in [0, 0.1) is 11.7 Å². The molecule has 0 radical (unpaired) electrons. The molecule has 1 aliphatic rings. The van der Waals surface area contributed by atoms with Gasteiger partial charge in [-0.15, -0.1) is 0 Å². The third-order valence-electron chi connectivity index (χ3n) is 4.56. The molecule has 0 aromatic heterocycles. The average Bonchev–Trinajstić information content (AvgIpc) is 2.59. The number of sulfone groups is 1. The predicted molar refractivity (Wildman–Crippen MR) is 96.7 cm³/mol. The Labute approximate surface area is 152 Å². The van der Waals surface area contributed by atoms with Crippen LogP contribution in [0.5, 0.6) is 5.75 Å². The van der Waals surface area contributed by atoms with Crippen molar-refractivity contribution in [3.8, 4) is 5.75 Å². The Kier molecular flexibility index (Phi) is 5.27. The molecule has 26 heavy (non-hydrogen) atoms. The van der Waals surface area contributed by atoms with Crippen molar-refractivity contribution in [2.24, 2.45) is 5.92 Å². The maximum Gasteiger partial charge on any atom is 0.259 e. The number of ether oxygens (including phenoxy) is 1. The molecule has 0 atom stereocenters. The molecular weight excluding hydrogens is 357 g/mol. The Morgan fingerprint density at radius 3 is 2.46 bits per heavy atom. The number of hydrogen-bond donors (Lipinski definition) is 1. The van der Waals surface area contributed by atoms with Crippen molar-refractivity contribution >= 4 is 21.4 Å². The fourth-order valence-electron chi connectivity index (χ4n) is 2.86. The van der Waals surface area contributed by atoms with Crippen molar-refractivity contribution < 1.29 is 22.3 Å². The molecule has 1 N–H and O–H groups in total. The number of benzene rings is 2. The smallest absolute Gasteiger partial charge is 0.259 e. The van der Waals surface area contributed by atoms with Gasteiger partial charge in [0.15, 0.2) is 9.84 Å². The van der Waals surface area contributed by atoms with E-state index in [0.717, 1.165) is 19.3 Å². The van der Waals surface area contributed by atoms with Gasteiger partial charge in [-0.25, -0.2) is 12.8 Å². The highest BCUT2D eigenvalue weighted by Crippen LogP contribution is 2.31. The number of carbonyl (C=O) groups excluding carboxylic acids is 1. The fraction of sp³-hybridized carbons (Fsp3) is 0.316. The fourth-order valence-corrected chi connectivity index (χ4v) is 4.57. The van der Waals surface area contributed by atoms with Crippen LogP contribution in [-0.2, 0) is 9.84 Å². The van der Waals surface area contributed by atoms with Crippen molar-refractivity contribution in [1.29, 1.82) is 0 Å². The summed E-state index contributed by atoms with van der Waals surface area (Å²) < 4.78 is 43.4. The molecular formula is C19H20FNO4S. The molecule has 138 valence electrons. The van der Waals surface area contributed by atoms with Crippen LogP contribution in [0.1, 0.15) is 29.6 Å². The van der Waals surface area contributed by atoms with Gasteiger partial charge in [0.2, 0.25) is 0 Å². The number of methoxy groups -OCH3 is 1. The standard InChI is InChI=1S/C19H20FNO4S/c1-25-18-10-9-16(26(23,24)12-13-3-2-4-13)11-17(18)19(22)21-15-7-5-14(20)6-8-15/h5-11,13H,2-4,12H2,1H3,(H,21,22). The largest absolute Gasteiger partial charge is 0.496 e. The quantitative estimate of drug-likeness (QED) is 0.834. The van der Waals surface area contributed by atoms with Crippen LogP contribution < -0.4 is 10.1 Å². The van der Waals surface area contributed by atoms with Crippen LogP contribution in [0.2, 0.25) is 0 Å². The van der Waals surface area contributed by atoms with E-state index in [1.54, 1.807) is 0 Å². The van der Waals surface area contributed by atoms with Crippen LogP contribution in [0.25, 0.3) is 0 Å². The Balaban J connectivity index is 1.87. The molecule has 0 saturated heterocycles. The van der Waals surface area contributed by atoms with Crippen LogP contribution >= 0.6 is 0 Å². The number of anilines is 1. The molecule has 5 nitrogen and oxygen atoms in total. The zero-order chi connectivity index (χ0) is 18.7. The zero-order valence-corrected chi connectivity index (χ0v) is 15.2. The van der Waals surface area contributed by atoms with E-state index in [4.69, 9.17) is 4.74 Å². The third kappa shape index (κ3) is 4.04. The summed E-state index contributed by atoms with van der Waals surface area (Å²) in [5, 5.41) is 2.62. The molecule has 1 fully saturated rings. The summed E-state index contributed by atoms with van der Waals surface area (Å²) in [4.78, 5) is 12.7. The highest BCUT2D eigenvalue weighted by Gasteiger charge is 2.27.